The van der Waals surface area contributed by atoms with Gasteiger partial charge in [0.15, 0.2) is 0 Å². The third kappa shape index (κ3) is 4.68. The zero-order valence-corrected chi connectivity index (χ0v) is 9.92. The Morgan fingerprint density at radius 3 is 2.40 bits per heavy atom. The Labute approximate surface area is 92.8 Å². The number of hydrogen-bond acceptors (Lipinski definition) is 1. The van der Waals surface area contributed by atoms with Gasteiger partial charge in [0.05, 0.1) is 0 Å². The Kier molecular flexibility index (Phi) is 4.96. The molecule has 0 saturated carbocycles. The van der Waals surface area contributed by atoms with Crippen molar-refractivity contribution >= 4 is 0 Å². The van der Waals surface area contributed by atoms with Crippen LogP contribution in [0.25, 0.3) is 0 Å². The maximum atomic E-state index is 5.57. The van der Waals surface area contributed by atoms with Gasteiger partial charge in [-0.1, -0.05) is 31.1 Å². The van der Waals surface area contributed by atoms with Gasteiger partial charge in [-0.3, -0.25) is 0 Å². The molecule has 82 valence electrons. The zero-order valence-electron chi connectivity index (χ0n) is 9.92. The summed E-state index contributed by atoms with van der Waals surface area (Å²) >= 11 is 0. The predicted molar refractivity (Wildman–Crippen MR) is 65.4 cm³/mol. The highest BCUT2D eigenvalue weighted by Crippen LogP contribution is 2.13. The molecule has 1 aromatic carbocycles. The van der Waals surface area contributed by atoms with Gasteiger partial charge < -0.3 is 4.74 Å². The van der Waals surface area contributed by atoms with Crippen LogP contribution in [0.5, 0.6) is 5.75 Å². The van der Waals surface area contributed by atoms with Crippen molar-refractivity contribution in [2.24, 2.45) is 0 Å². The molecule has 1 nitrogen and oxygen atoms in total. The van der Waals surface area contributed by atoms with Crippen molar-refractivity contribution in [3.05, 3.63) is 41.5 Å². The van der Waals surface area contributed by atoms with Crippen LogP contribution in [-0.2, 0) is 6.42 Å². The van der Waals surface area contributed by atoms with Crippen molar-refractivity contribution in [2.75, 3.05) is 6.61 Å². The molecule has 0 atom stereocenters. The standard InChI is InChI=1S/C14H20O/c1-4-5-13-6-8-14(9-7-13)15-11-10-12(2)3/h6-10H,4-5,11H2,1-3H3. The first-order chi connectivity index (χ1) is 7.22. The lowest BCUT2D eigenvalue weighted by Crippen LogP contribution is -1.94. The van der Waals surface area contributed by atoms with Gasteiger partial charge in [0.2, 0.25) is 0 Å². The summed E-state index contributed by atoms with van der Waals surface area (Å²) in [6.45, 7) is 7.01. The minimum absolute atomic E-state index is 0.662. The topological polar surface area (TPSA) is 9.23 Å². The van der Waals surface area contributed by atoms with E-state index in [9.17, 15) is 0 Å². The SMILES string of the molecule is CCCc1ccc(OCC=C(C)C)cc1. The van der Waals surface area contributed by atoms with E-state index in [-0.39, 0.29) is 0 Å². The average Bonchev–Trinajstić information content (AvgIpc) is 2.20. The van der Waals surface area contributed by atoms with Crippen LogP contribution in [0, 0.1) is 0 Å². The number of ether oxygens (including phenoxy) is 1. The van der Waals surface area contributed by atoms with Crippen molar-refractivity contribution in [1.29, 1.82) is 0 Å². The van der Waals surface area contributed by atoms with Crippen LogP contribution in [0.3, 0.4) is 0 Å². The van der Waals surface area contributed by atoms with Crippen LogP contribution in [0.4, 0.5) is 0 Å². The smallest absolute Gasteiger partial charge is 0.119 e. The van der Waals surface area contributed by atoms with Crippen molar-refractivity contribution < 1.29 is 4.74 Å². The molecule has 0 N–H and O–H groups in total. The zero-order chi connectivity index (χ0) is 11.1. The molecule has 0 aromatic heterocycles. The molecule has 1 heteroatoms. The molecular weight excluding hydrogens is 184 g/mol. The molecule has 0 heterocycles. The summed E-state index contributed by atoms with van der Waals surface area (Å²) in [5.74, 6) is 0.951. The number of rotatable bonds is 5. The molecular formula is C14H20O. The van der Waals surface area contributed by atoms with Crippen molar-refractivity contribution in [2.45, 2.75) is 33.6 Å². The van der Waals surface area contributed by atoms with Gasteiger partial charge in [-0.2, -0.15) is 0 Å². The van der Waals surface area contributed by atoms with Gasteiger partial charge in [0.25, 0.3) is 0 Å². The molecule has 0 spiro atoms. The van der Waals surface area contributed by atoms with Crippen LogP contribution in [0.2, 0.25) is 0 Å². The third-order valence-corrected chi connectivity index (χ3v) is 2.20. The van der Waals surface area contributed by atoms with E-state index in [4.69, 9.17) is 4.74 Å². The van der Waals surface area contributed by atoms with E-state index in [2.05, 4.69) is 39.0 Å². The minimum Gasteiger partial charge on any atom is -0.490 e. The summed E-state index contributed by atoms with van der Waals surface area (Å²) in [5.41, 5.74) is 2.67. The Morgan fingerprint density at radius 1 is 1.20 bits per heavy atom. The Bertz CT molecular complexity index is 305. The summed E-state index contributed by atoms with van der Waals surface area (Å²) in [6, 6.07) is 8.37. The van der Waals surface area contributed by atoms with E-state index in [1.807, 2.05) is 12.1 Å². The Balaban J connectivity index is 2.46. The first kappa shape index (κ1) is 11.8. The fourth-order valence-corrected chi connectivity index (χ4v) is 1.35. The van der Waals surface area contributed by atoms with Gasteiger partial charge in [0, 0.05) is 0 Å². The molecule has 0 unspecified atom stereocenters. The quantitative estimate of drug-likeness (QED) is 0.659. The second kappa shape index (κ2) is 6.28. The number of benzene rings is 1. The number of allylic oxidation sites excluding steroid dienone is 1. The summed E-state index contributed by atoms with van der Waals surface area (Å²) in [6.07, 6.45) is 4.42. The summed E-state index contributed by atoms with van der Waals surface area (Å²) in [5, 5.41) is 0. The lowest BCUT2D eigenvalue weighted by Gasteiger charge is -2.04. The Hall–Kier alpha value is -1.24. The van der Waals surface area contributed by atoms with Gasteiger partial charge in [-0.25, -0.2) is 0 Å². The van der Waals surface area contributed by atoms with E-state index >= 15 is 0 Å². The number of hydrogen-bond donors (Lipinski definition) is 0. The van der Waals surface area contributed by atoms with Crippen LogP contribution < -0.4 is 4.74 Å². The fraction of sp³-hybridized carbons (Fsp3) is 0.429. The van der Waals surface area contributed by atoms with Crippen molar-refractivity contribution in [3.63, 3.8) is 0 Å². The summed E-state index contributed by atoms with van der Waals surface area (Å²) in [4.78, 5) is 0. The normalized spacial score (nSPS) is 9.80. The molecule has 15 heavy (non-hydrogen) atoms. The molecule has 0 fully saturated rings. The highest BCUT2D eigenvalue weighted by Gasteiger charge is 1.93. The van der Waals surface area contributed by atoms with E-state index in [0.29, 0.717) is 6.61 Å². The average molecular weight is 204 g/mol. The van der Waals surface area contributed by atoms with Crippen LogP contribution in [0.15, 0.2) is 35.9 Å². The van der Waals surface area contributed by atoms with Crippen LogP contribution in [-0.4, -0.2) is 6.61 Å². The first-order valence-corrected chi connectivity index (χ1v) is 5.57. The summed E-state index contributed by atoms with van der Waals surface area (Å²) < 4.78 is 5.57. The van der Waals surface area contributed by atoms with Crippen LogP contribution >= 0.6 is 0 Å². The molecule has 0 aliphatic carbocycles. The Morgan fingerprint density at radius 2 is 1.87 bits per heavy atom. The molecule has 0 aliphatic rings. The highest BCUT2D eigenvalue weighted by molar-refractivity contribution is 5.27. The van der Waals surface area contributed by atoms with E-state index in [1.54, 1.807) is 0 Å². The number of aryl methyl sites for hydroxylation is 1. The van der Waals surface area contributed by atoms with E-state index in [1.165, 1.54) is 17.6 Å². The van der Waals surface area contributed by atoms with Gasteiger partial charge in [-0.15, -0.1) is 0 Å². The first-order valence-electron chi connectivity index (χ1n) is 5.57. The maximum Gasteiger partial charge on any atom is 0.119 e. The second-order valence-electron chi connectivity index (χ2n) is 3.99. The maximum absolute atomic E-state index is 5.57. The molecule has 0 aliphatic heterocycles. The van der Waals surface area contributed by atoms with Gasteiger partial charge in [0.1, 0.15) is 12.4 Å². The monoisotopic (exact) mass is 204 g/mol. The largest absolute Gasteiger partial charge is 0.490 e. The van der Waals surface area contributed by atoms with Crippen LogP contribution in [0.1, 0.15) is 32.8 Å². The second-order valence-corrected chi connectivity index (χ2v) is 3.99. The van der Waals surface area contributed by atoms with E-state index in [0.717, 1.165) is 12.2 Å². The lowest BCUT2D eigenvalue weighted by molar-refractivity contribution is 0.362. The molecule has 0 amide bonds. The molecule has 0 saturated heterocycles. The summed E-state index contributed by atoms with van der Waals surface area (Å²) in [7, 11) is 0. The van der Waals surface area contributed by atoms with Crippen molar-refractivity contribution in [1.82, 2.24) is 0 Å². The van der Waals surface area contributed by atoms with Crippen molar-refractivity contribution in [3.8, 4) is 5.75 Å². The fourth-order valence-electron chi connectivity index (χ4n) is 1.35. The minimum atomic E-state index is 0.662. The molecule has 1 rings (SSSR count). The lowest BCUT2D eigenvalue weighted by atomic mass is 10.1. The van der Waals surface area contributed by atoms with Gasteiger partial charge >= 0.3 is 0 Å². The van der Waals surface area contributed by atoms with E-state index < -0.39 is 0 Å². The predicted octanol–water partition coefficient (Wildman–Crippen LogP) is 3.98. The molecule has 1 aromatic rings. The molecule has 0 radical (unpaired) electrons. The highest BCUT2D eigenvalue weighted by atomic mass is 16.5. The molecule has 0 bridgehead atoms. The third-order valence-electron chi connectivity index (χ3n) is 2.20. The van der Waals surface area contributed by atoms with Gasteiger partial charge in [-0.05, 0) is 44.0 Å².